The van der Waals surface area contributed by atoms with Crippen molar-refractivity contribution >= 4 is 5.91 Å². The summed E-state index contributed by atoms with van der Waals surface area (Å²) in [5.74, 6) is 0.0660. The molecular weight excluding hydrogens is 200 g/mol. The Labute approximate surface area is 99.4 Å². The van der Waals surface area contributed by atoms with Gasteiger partial charge in [-0.15, -0.1) is 0 Å². The van der Waals surface area contributed by atoms with Crippen LogP contribution in [-0.2, 0) is 4.79 Å². The van der Waals surface area contributed by atoms with Crippen molar-refractivity contribution in [3.05, 3.63) is 0 Å². The monoisotopic (exact) mass is 226 g/mol. The quantitative estimate of drug-likeness (QED) is 0.722. The Morgan fingerprint density at radius 1 is 1.00 bits per heavy atom. The van der Waals surface area contributed by atoms with E-state index in [-0.39, 0.29) is 5.91 Å². The van der Waals surface area contributed by atoms with Gasteiger partial charge in [0.25, 0.3) is 0 Å². The summed E-state index contributed by atoms with van der Waals surface area (Å²) in [4.78, 5) is 10.7. The minimum atomic E-state index is 0.0660. The molecule has 0 aromatic rings. The van der Waals surface area contributed by atoms with Crippen molar-refractivity contribution in [1.29, 1.82) is 0 Å². The lowest BCUT2D eigenvalue weighted by molar-refractivity contribution is -0.118. The number of carbonyl (C=O) groups excluding carboxylic acids is 1. The maximum atomic E-state index is 10.7. The highest BCUT2D eigenvalue weighted by atomic mass is 16.1. The molecule has 16 heavy (non-hydrogen) atoms. The molecule has 1 saturated carbocycles. The van der Waals surface area contributed by atoms with Gasteiger partial charge in [0.2, 0.25) is 5.91 Å². The van der Waals surface area contributed by atoms with E-state index in [1.54, 1.807) is 6.92 Å². The van der Waals surface area contributed by atoms with Crippen LogP contribution in [0.25, 0.3) is 0 Å². The Bertz CT molecular complexity index is 184. The first-order valence-electron chi connectivity index (χ1n) is 6.77. The van der Waals surface area contributed by atoms with Gasteiger partial charge in [0.05, 0.1) is 0 Å². The number of rotatable bonds is 4. The molecule has 0 aromatic heterocycles. The fourth-order valence-electron chi connectivity index (χ4n) is 2.35. The van der Waals surface area contributed by atoms with E-state index in [1.165, 1.54) is 51.4 Å². The highest BCUT2D eigenvalue weighted by Crippen LogP contribution is 2.16. The van der Waals surface area contributed by atoms with Gasteiger partial charge in [-0.25, -0.2) is 0 Å². The van der Waals surface area contributed by atoms with Gasteiger partial charge in [0.1, 0.15) is 0 Å². The largest absolute Gasteiger partial charge is 0.355 e. The van der Waals surface area contributed by atoms with Gasteiger partial charge in [-0.3, -0.25) is 4.79 Å². The zero-order valence-corrected chi connectivity index (χ0v) is 10.6. The van der Waals surface area contributed by atoms with E-state index < -0.39 is 0 Å². The van der Waals surface area contributed by atoms with Crippen molar-refractivity contribution in [2.45, 2.75) is 64.3 Å². The Morgan fingerprint density at radius 2 is 1.56 bits per heavy atom. The van der Waals surface area contributed by atoms with Crippen LogP contribution in [0.2, 0.25) is 0 Å². The summed E-state index contributed by atoms with van der Waals surface area (Å²) in [6.07, 6.45) is 10.9. The van der Waals surface area contributed by atoms with Crippen LogP contribution in [-0.4, -0.2) is 25.0 Å². The number of hydrogen-bond acceptors (Lipinski definition) is 2. The fraction of sp³-hybridized carbons (Fsp3) is 0.923. The van der Waals surface area contributed by atoms with Crippen LogP contribution in [0.4, 0.5) is 0 Å². The average molecular weight is 226 g/mol. The van der Waals surface area contributed by atoms with Crippen LogP contribution < -0.4 is 10.6 Å². The maximum Gasteiger partial charge on any atom is 0.216 e. The second-order valence-corrected chi connectivity index (χ2v) is 4.83. The molecule has 1 aliphatic carbocycles. The summed E-state index contributed by atoms with van der Waals surface area (Å²) in [7, 11) is 0. The third-order valence-corrected chi connectivity index (χ3v) is 3.29. The summed E-state index contributed by atoms with van der Waals surface area (Å²) in [5.41, 5.74) is 0. The molecule has 3 heteroatoms. The van der Waals surface area contributed by atoms with Gasteiger partial charge in [-0.05, 0) is 12.8 Å². The number of carbonyl (C=O) groups is 1. The predicted molar refractivity (Wildman–Crippen MR) is 67.4 cm³/mol. The second-order valence-electron chi connectivity index (χ2n) is 4.83. The molecule has 0 heterocycles. The lowest BCUT2D eigenvalue weighted by Crippen LogP contribution is -2.36. The van der Waals surface area contributed by atoms with E-state index in [1.807, 2.05) is 0 Å². The number of nitrogens with one attached hydrogen (secondary N) is 2. The molecule has 3 nitrogen and oxygen atoms in total. The van der Waals surface area contributed by atoms with Crippen molar-refractivity contribution < 1.29 is 4.79 Å². The summed E-state index contributed by atoms with van der Waals surface area (Å²) >= 11 is 0. The summed E-state index contributed by atoms with van der Waals surface area (Å²) < 4.78 is 0. The molecule has 0 saturated heterocycles. The highest BCUT2D eigenvalue weighted by Gasteiger charge is 2.09. The minimum absolute atomic E-state index is 0.0660. The van der Waals surface area contributed by atoms with Gasteiger partial charge in [-0.1, -0.05) is 38.5 Å². The van der Waals surface area contributed by atoms with Crippen LogP contribution >= 0.6 is 0 Å². The molecule has 1 rings (SSSR count). The number of hydrogen-bond donors (Lipinski definition) is 2. The van der Waals surface area contributed by atoms with Crippen LogP contribution in [0.3, 0.4) is 0 Å². The molecule has 0 radical (unpaired) electrons. The molecule has 0 unspecified atom stereocenters. The standard InChI is InChI=1S/C13H26N2O/c1-12(16)14-10-11-15-13-8-6-4-2-3-5-7-9-13/h13,15H,2-11H2,1H3,(H,14,16). The fourth-order valence-corrected chi connectivity index (χ4v) is 2.35. The first kappa shape index (κ1) is 13.5. The molecule has 1 amide bonds. The first-order chi connectivity index (χ1) is 7.79. The molecule has 0 atom stereocenters. The van der Waals surface area contributed by atoms with E-state index in [0.29, 0.717) is 6.04 Å². The summed E-state index contributed by atoms with van der Waals surface area (Å²) in [5, 5.41) is 6.38. The molecule has 1 aliphatic rings. The molecular formula is C13H26N2O. The van der Waals surface area contributed by atoms with Crippen molar-refractivity contribution in [1.82, 2.24) is 10.6 Å². The minimum Gasteiger partial charge on any atom is -0.355 e. The Morgan fingerprint density at radius 3 is 2.12 bits per heavy atom. The molecule has 0 bridgehead atoms. The van der Waals surface area contributed by atoms with E-state index in [0.717, 1.165) is 13.1 Å². The van der Waals surface area contributed by atoms with Crippen molar-refractivity contribution in [2.24, 2.45) is 0 Å². The predicted octanol–water partition coefficient (Wildman–Crippen LogP) is 2.22. The third-order valence-electron chi connectivity index (χ3n) is 3.29. The normalized spacial score (nSPS) is 19.6. The SMILES string of the molecule is CC(=O)NCCNC1CCCCCCCC1. The van der Waals surface area contributed by atoms with Gasteiger partial charge >= 0.3 is 0 Å². The highest BCUT2D eigenvalue weighted by molar-refractivity contribution is 5.72. The molecule has 94 valence electrons. The van der Waals surface area contributed by atoms with Crippen molar-refractivity contribution in [3.8, 4) is 0 Å². The smallest absolute Gasteiger partial charge is 0.216 e. The van der Waals surface area contributed by atoms with Crippen LogP contribution in [0, 0.1) is 0 Å². The average Bonchev–Trinajstić information content (AvgIpc) is 2.37. The topological polar surface area (TPSA) is 41.1 Å². The molecule has 2 N–H and O–H groups in total. The summed E-state index contributed by atoms with van der Waals surface area (Å²) in [6.45, 7) is 3.23. The van der Waals surface area contributed by atoms with E-state index in [2.05, 4.69) is 10.6 Å². The van der Waals surface area contributed by atoms with E-state index in [9.17, 15) is 4.79 Å². The van der Waals surface area contributed by atoms with Crippen molar-refractivity contribution in [3.63, 3.8) is 0 Å². The van der Waals surface area contributed by atoms with Gasteiger partial charge < -0.3 is 10.6 Å². The molecule has 0 aliphatic heterocycles. The third kappa shape index (κ3) is 6.83. The van der Waals surface area contributed by atoms with Crippen LogP contribution in [0.1, 0.15) is 58.3 Å². The molecule has 1 fully saturated rings. The van der Waals surface area contributed by atoms with E-state index >= 15 is 0 Å². The second kappa shape index (κ2) is 8.57. The zero-order chi connectivity index (χ0) is 11.6. The van der Waals surface area contributed by atoms with Gasteiger partial charge in [0.15, 0.2) is 0 Å². The Kier molecular flexibility index (Phi) is 7.23. The van der Waals surface area contributed by atoms with Gasteiger partial charge in [-0.2, -0.15) is 0 Å². The van der Waals surface area contributed by atoms with Crippen molar-refractivity contribution in [2.75, 3.05) is 13.1 Å². The Hall–Kier alpha value is -0.570. The van der Waals surface area contributed by atoms with Gasteiger partial charge in [0, 0.05) is 26.1 Å². The molecule has 0 spiro atoms. The maximum absolute atomic E-state index is 10.7. The lowest BCUT2D eigenvalue weighted by Gasteiger charge is -2.17. The summed E-state index contributed by atoms with van der Waals surface area (Å²) in [6, 6.07) is 0.673. The lowest BCUT2D eigenvalue weighted by atomic mass is 10.1. The number of amides is 1. The van der Waals surface area contributed by atoms with Crippen LogP contribution in [0.5, 0.6) is 0 Å². The molecule has 0 aromatic carbocycles. The zero-order valence-electron chi connectivity index (χ0n) is 10.6. The van der Waals surface area contributed by atoms with Crippen LogP contribution in [0.15, 0.2) is 0 Å². The Balaban J connectivity index is 2.09. The first-order valence-corrected chi connectivity index (χ1v) is 6.77. The van der Waals surface area contributed by atoms with E-state index in [4.69, 9.17) is 0 Å².